The predicted molar refractivity (Wildman–Crippen MR) is 84.4 cm³/mol. The highest BCUT2D eigenvalue weighted by Crippen LogP contribution is 2.28. The highest BCUT2D eigenvalue weighted by molar-refractivity contribution is 5.75. The molecule has 1 aliphatic carbocycles. The molecule has 0 heterocycles. The van der Waals surface area contributed by atoms with E-state index < -0.39 is 5.54 Å². The van der Waals surface area contributed by atoms with Gasteiger partial charge in [0.1, 0.15) is 0 Å². The summed E-state index contributed by atoms with van der Waals surface area (Å²) in [5.74, 6) is 0.269. The maximum absolute atomic E-state index is 12.0. The van der Waals surface area contributed by atoms with E-state index in [-0.39, 0.29) is 18.6 Å². The fourth-order valence-electron chi connectivity index (χ4n) is 2.92. The van der Waals surface area contributed by atoms with Crippen LogP contribution in [0.25, 0.3) is 0 Å². The van der Waals surface area contributed by atoms with E-state index in [0.717, 1.165) is 25.7 Å². The van der Waals surface area contributed by atoms with Gasteiger partial charge >= 0.3 is 6.03 Å². The molecule has 21 heavy (non-hydrogen) atoms. The zero-order chi connectivity index (χ0) is 15.3. The summed E-state index contributed by atoms with van der Waals surface area (Å²) in [7, 11) is 0. The van der Waals surface area contributed by atoms with E-state index in [1.807, 2.05) is 0 Å². The summed E-state index contributed by atoms with van der Waals surface area (Å²) in [6, 6.07) is 8.21. The summed E-state index contributed by atoms with van der Waals surface area (Å²) in [6.07, 6.45) is 3.87. The maximum atomic E-state index is 12.0. The van der Waals surface area contributed by atoms with E-state index in [0.29, 0.717) is 6.54 Å². The second-order valence-electron chi connectivity index (χ2n) is 6.29. The molecule has 4 nitrogen and oxygen atoms in total. The number of hydrogen-bond donors (Lipinski definition) is 3. The highest BCUT2D eigenvalue weighted by atomic mass is 16.3. The molecule has 0 radical (unpaired) electrons. The zero-order valence-electron chi connectivity index (χ0n) is 13.0. The normalized spacial score (nSPS) is 18.2. The number of carbonyl (C=O) groups is 1. The van der Waals surface area contributed by atoms with Crippen LogP contribution in [0.3, 0.4) is 0 Å². The first-order valence-corrected chi connectivity index (χ1v) is 7.78. The first-order chi connectivity index (χ1) is 10.0. The Hall–Kier alpha value is -1.55. The molecule has 1 fully saturated rings. The third-order valence-electron chi connectivity index (χ3n) is 4.46. The van der Waals surface area contributed by atoms with Gasteiger partial charge in [0.25, 0.3) is 0 Å². The number of urea groups is 1. The van der Waals surface area contributed by atoms with Crippen LogP contribution >= 0.6 is 0 Å². The quantitative estimate of drug-likeness (QED) is 0.781. The maximum Gasteiger partial charge on any atom is 0.315 e. The molecule has 0 aromatic heterocycles. The molecule has 0 bridgehead atoms. The molecule has 1 aromatic carbocycles. The van der Waals surface area contributed by atoms with E-state index in [9.17, 15) is 9.90 Å². The fraction of sp³-hybridized carbons (Fsp3) is 0.588. The molecule has 1 atom stereocenters. The average molecular weight is 290 g/mol. The zero-order valence-corrected chi connectivity index (χ0v) is 13.0. The molecule has 0 spiro atoms. The van der Waals surface area contributed by atoms with Crippen molar-refractivity contribution in [3.63, 3.8) is 0 Å². The summed E-state index contributed by atoms with van der Waals surface area (Å²) in [5.41, 5.74) is 2.05. The summed E-state index contributed by atoms with van der Waals surface area (Å²) < 4.78 is 0. The SMILES string of the molecule is Cc1ccc(C(C)CNC(=O)NC2(CO)CCCC2)cc1. The number of rotatable bonds is 5. The van der Waals surface area contributed by atoms with Crippen LogP contribution in [0.15, 0.2) is 24.3 Å². The van der Waals surface area contributed by atoms with Gasteiger partial charge < -0.3 is 15.7 Å². The van der Waals surface area contributed by atoms with Crippen molar-refractivity contribution < 1.29 is 9.90 Å². The molecule has 3 N–H and O–H groups in total. The Morgan fingerprint density at radius 1 is 1.29 bits per heavy atom. The van der Waals surface area contributed by atoms with Crippen molar-refractivity contribution in [2.75, 3.05) is 13.2 Å². The van der Waals surface area contributed by atoms with Gasteiger partial charge in [-0.1, -0.05) is 49.6 Å². The highest BCUT2D eigenvalue weighted by Gasteiger charge is 2.34. The van der Waals surface area contributed by atoms with Crippen molar-refractivity contribution in [3.05, 3.63) is 35.4 Å². The molecule has 0 aliphatic heterocycles. The molecule has 2 rings (SSSR count). The Morgan fingerprint density at radius 2 is 1.90 bits per heavy atom. The Labute approximate surface area is 126 Å². The van der Waals surface area contributed by atoms with Crippen LogP contribution in [0.2, 0.25) is 0 Å². The van der Waals surface area contributed by atoms with Gasteiger partial charge in [0.05, 0.1) is 12.1 Å². The van der Waals surface area contributed by atoms with Crippen LogP contribution in [0, 0.1) is 6.92 Å². The number of nitrogens with one attached hydrogen (secondary N) is 2. The summed E-state index contributed by atoms with van der Waals surface area (Å²) >= 11 is 0. The molecule has 1 aromatic rings. The molecular weight excluding hydrogens is 264 g/mol. The number of hydrogen-bond acceptors (Lipinski definition) is 2. The van der Waals surface area contributed by atoms with Gasteiger partial charge in [0.2, 0.25) is 0 Å². The Balaban J connectivity index is 1.82. The predicted octanol–water partition coefficient (Wildman–Crippen LogP) is 2.70. The number of benzene rings is 1. The van der Waals surface area contributed by atoms with E-state index >= 15 is 0 Å². The number of aliphatic hydroxyl groups excluding tert-OH is 1. The van der Waals surface area contributed by atoms with Crippen LogP contribution in [0.4, 0.5) is 4.79 Å². The van der Waals surface area contributed by atoms with Crippen LogP contribution < -0.4 is 10.6 Å². The van der Waals surface area contributed by atoms with Crippen molar-refractivity contribution in [2.24, 2.45) is 0 Å². The van der Waals surface area contributed by atoms with Gasteiger partial charge in [-0.3, -0.25) is 0 Å². The Bertz CT molecular complexity index is 464. The van der Waals surface area contributed by atoms with Crippen molar-refractivity contribution in [1.82, 2.24) is 10.6 Å². The third kappa shape index (κ3) is 4.21. The fourth-order valence-corrected chi connectivity index (χ4v) is 2.92. The Morgan fingerprint density at radius 3 is 2.48 bits per heavy atom. The molecule has 1 unspecified atom stereocenters. The molecule has 1 saturated carbocycles. The van der Waals surface area contributed by atoms with E-state index in [1.54, 1.807) is 0 Å². The average Bonchev–Trinajstić information content (AvgIpc) is 2.94. The summed E-state index contributed by atoms with van der Waals surface area (Å²) in [6.45, 7) is 4.78. The lowest BCUT2D eigenvalue weighted by atomic mass is 9.99. The molecule has 116 valence electrons. The third-order valence-corrected chi connectivity index (χ3v) is 4.46. The first kappa shape index (κ1) is 15.8. The minimum Gasteiger partial charge on any atom is -0.394 e. The second-order valence-corrected chi connectivity index (χ2v) is 6.29. The van der Waals surface area contributed by atoms with Gasteiger partial charge in [-0.2, -0.15) is 0 Å². The van der Waals surface area contributed by atoms with Crippen molar-refractivity contribution in [3.8, 4) is 0 Å². The van der Waals surface area contributed by atoms with Gasteiger partial charge in [-0.15, -0.1) is 0 Å². The van der Waals surface area contributed by atoms with Crippen LogP contribution in [0.1, 0.15) is 49.7 Å². The number of carbonyl (C=O) groups excluding carboxylic acids is 1. The minimum atomic E-state index is -0.406. The summed E-state index contributed by atoms with van der Waals surface area (Å²) in [4.78, 5) is 12.0. The Kier molecular flexibility index (Phi) is 5.23. The van der Waals surface area contributed by atoms with E-state index in [4.69, 9.17) is 0 Å². The summed E-state index contributed by atoms with van der Waals surface area (Å²) in [5, 5.41) is 15.4. The van der Waals surface area contributed by atoms with Gasteiger partial charge in [0, 0.05) is 6.54 Å². The lowest BCUT2D eigenvalue weighted by molar-refractivity contribution is 0.163. The van der Waals surface area contributed by atoms with Gasteiger partial charge in [0.15, 0.2) is 0 Å². The number of amides is 2. The lowest BCUT2D eigenvalue weighted by Crippen LogP contribution is -2.53. The largest absolute Gasteiger partial charge is 0.394 e. The smallest absolute Gasteiger partial charge is 0.315 e. The number of aryl methyl sites for hydroxylation is 1. The molecule has 2 amide bonds. The molecule has 4 heteroatoms. The van der Waals surface area contributed by atoms with Gasteiger partial charge in [-0.05, 0) is 31.2 Å². The standard InChI is InChI=1S/C17H26N2O2/c1-13-5-7-15(8-6-13)14(2)11-18-16(21)19-17(12-20)9-3-4-10-17/h5-8,14,20H,3-4,9-12H2,1-2H3,(H2,18,19,21). The first-order valence-electron chi connectivity index (χ1n) is 7.78. The van der Waals surface area contributed by atoms with Crippen LogP contribution in [-0.4, -0.2) is 29.8 Å². The lowest BCUT2D eigenvalue weighted by Gasteiger charge is -2.28. The molecule has 1 aliphatic rings. The van der Waals surface area contributed by atoms with Crippen LogP contribution in [-0.2, 0) is 0 Å². The second kappa shape index (κ2) is 6.94. The topological polar surface area (TPSA) is 61.4 Å². The minimum absolute atomic E-state index is 0.0218. The van der Waals surface area contributed by atoms with Gasteiger partial charge in [-0.25, -0.2) is 4.79 Å². The van der Waals surface area contributed by atoms with Crippen molar-refractivity contribution >= 4 is 6.03 Å². The number of aliphatic hydroxyl groups is 1. The molecule has 0 saturated heterocycles. The molecular formula is C17H26N2O2. The van der Waals surface area contributed by atoms with E-state index in [1.165, 1.54) is 11.1 Å². The monoisotopic (exact) mass is 290 g/mol. The van der Waals surface area contributed by atoms with Crippen molar-refractivity contribution in [2.45, 2.75) is 51.0 Å². The van der Waals surface area contributed by atoms with E-state index in [2.05, 4.69) is 48.7 Å². The van der Waals surface area contributed by atoms with Crippen LogP contribution in [0.5, 0.6) is 0 Å². The van der Waals surface area contributed by atoms with Crippen molar-refractivity contribution in [1.29, 1.82) is 0 Å².